The zero-order valence-electron chi connectivity index (χ0n) is 15.2. The SMILES string of the molecule is CC1=C2C(CC3C4(C)CCC5CC5(C)C4CC(O)C3(O)C2O)OC1=O. The van der Waals surface area contributed by atoms with Gasteiger partial charge in [-0.05, 0) is 61.7 Å². The predicted molar refractivity (Wildman–Crippen MR) is 89.3 cm³/mol. The first-order chi connectivity index (χ1) is 11.6. The van der Waals surface area contributed by atoms with Crippen molar-refractivity contribution in [2.75, 3.05) is 0 Å². The highest BCUT2D eigenvalue weighted by Crippen LogP contribution is 2.74. The number of aliphatic hydroxyl groups excluding tert-OH is 2. The maximum Gasteiger partial charge on any atom is 0.334 e. The first kappa shape index (κ1) is 16.3. The quantitative estimate of drug-likeness (QED) is 0.578. The molecule has 4 fully saturated rings. The van der Waals surface area contributed by atoms with Gasteiger partial charge in [0, 0.05) is 17.1 Å². The Morgan fingerprint density at radius 2 is 1.84 bits per heavy atom. The van der Waals surface area contributed by atoms with E-state index in [0.717, 1.165) is 18.8 Å². The molecule has 0 spiro atoms. The molecule has 5 heteroatoms. The van der Waals surface area contributed by atoms with Crippen LogP contribution in [0.4, 0.5) is 0 Å². The Labute approximate surface area is 148 Å². The van der Waals surface area contributed by atoms with E-state index < -0.39 is 29.9 Å². The molecule has 1 aliphatic heterocycles. The Balaban J connectivity index is 1.62. The highest BCUT2D eigenvalue weighted by atomic mass is 16.6. The van der Waals surface area contributed by atoms with Crippen LogP contribution in [-0.4, -0.2) is 45.2 Å². The standard InChI is InChI=1S/C20H28O5/c1-9-15-11(25-17(9)23)6-13-18(2)5-4-10-8-19(10,3)12(18)7-14(21)20(13,24)16(15)22/h10-14,16,21-22,24H,4-8H2,1-3H3. The minimum absolute atomic E-state index is 0.148. The molecule has 4 aliphatic carbocycles. The molecule has 0 bridgehead atoms. The Kier molecular flexibility index (Phi) is 2.92. The lowest BCUT2D eigenvalue weighted by molar-refractivity contribution is -0.263. The summed E-state index contributed by atoms with van der Waals surface area (Å²) in [5.41, 5.74) is -0.619. The Morgan fingerprint density at radius 1 is 1.12 bits per heavy atom. The van der Waals surface area contributed by atoms with E-state index >= 15 is 0 Å². The molecular formula is C20H28O5. The van der Waals surface area contributed by atoms with Crippen LogP contribution in [0.3, 0.4) is 0 Å². The van der Waals surface area contributed by atoms with Crippen molar-refractivity contribution in [3.05, 3.63) is 11.1 Å². The van der Waals surface area contributed by atoms with Gasteiger partial charge >= 0.3 is 5.97 Å². The maximum atomic E-state index is 12.0. The highest BCUT2D eigenvalue weighted by Gasteiger charge is 2.73. The van der Waals surface area contributed by atoms with Crippen LogP contribution in [0.5, 0.6) is 0 Å². The number of aliphatic hydroxyl groups is 3. The van der Waals surface area contributed by atoms with Crippen molar-refractivity contribution in [1.29, 1.82) is 0 Å². The molecule has 3 N–H and O–H groups in total. The van der Waals surface area contributed by atoms with E-state index in [-0.39, 0.29) is 16.7 Å². The van der Waals surface area contributed by atoms with Crippen molar-refractivity contribution >= 4 is 5.97 Å². The third-order valence-corrected chi connectivity index (χ3v) is 8.95. The highest BCUT2D eigenvalue weighted by molar-refractivity contribution is 5.92. The van der Waals surface area contributed by atoms with Crippen LogP contribution < -0.4 is 0 Å². The summed E-state index contributed by atoms with van der Waals surface area (Å²) in [5, 5.41) is 33.6. The lowest BCUT2D eigenvalue weighted by Crippen LogP contribution is -2.71. The summed E-state index contributed by atoms with van der Waals surface area (Å²) in [7, 11) is 0. The van der Waals surface area contributed by atoms with Crippen molar-refractivity contribution in [3.63, 3.8) is 0 Å². The summed E-state index contributed by atoms with van der Waals surface area (Å²) in [6.07, 6.45) is 1.71. The van der Waals surface area contributed by atoms with Gasteiger partial charge in [0.15, 0.2) is 0 Å². The number of fused-ring (bicyclic) bond motifs is 6. The van der Waals surface area contributed by atoms with Crippen molar-refractivity contribution in [2.45, 2.75) is 76.8 Å². The second kappa shape index (κ2) is 4.49. The summed E-state index contributed by atoms with van der Waals surface area (Å²) in [4.78, 5) is 12.0. The number of carbonyl (C=O) groups excluding carboxylic acids is 1. The van der Waals surface area contributed by atoms with Crippen molar-refractivity contribution in [2.24, 2.45) is 28.6 Å². The molecule has 5 nitrogen and oxygen atoms in total. The van der Waals surface area contributed by atoms with Crippen LogP contribution in [0.25, 0.3) is 0 Å². The van der Waals surface area contributed by atoms with Gasteiger partial charge in [-0.15, -0.1) is 0 Å². The molecule has 0 aromatic heterocycles. The van der Waals surface area contributed by atoms with E-state index in [1.54, 1.807) is 6.92 Å². The molecule has 5 aliphatic rings. The van der Waals surface area contributed by atoms with E-state index in [2.05, 4.69) is 13.8 Å². The lowest BCUT2D eigenvalue weighted by Gasteiger charge is -2.63. The van der Waals surface area contributed by atoms with E-state index in [1.807, 2.05) is 0 Å². The first-order valence-corrected chi connectivity index (χ1v) is 9.64. The van der Waals surface area contributed by atoms with Crippen LogP contribution in [0.1, 0.15) is 52.9 Å². The van der Waals surface area contributed by atoms with Gasteiger partial charge in [-0.1, -0.05) is 13.8 Å². The Morgan fingerprint density at radius 3 is 2.56 bits per heavy atom. The fourth-order valence-corrected chi connectivity index (χ4v) is 7.36. The molecule has 0 aromatic carbocycles. The van der Waals surface area contributed by atoms with Gasteiger partial charge in [0.1, 0.15) is 17.8 Å². The van der Waals surface area contributed by atoms with Crippen molar-refractivity contribution < 1.29 is 24.9 Å². The fraction of sp³-hybridized carbons (Fsp3) is 0.850. The van der Waals surface area contributed by atoms with Crippen LogP contribution in [0, 0.1) is 28.6 Å². The molecule has 25 heavy (non-hydrogen) atoms. The summed E-state index contributed by atoms with van der Waals surface area (Å²) in [6, 6.07) is 0. The molecule has 9 unspecified atom stereocenters. The minimum atomic E-state index is -1.59. The van der Waals surface area contributed by atoms with E-state index in [4.69, 9.17) is 4.74 Å². The monoisotopic (exact) mass is 348 g/mol. The number of rotatable bonds is 0. The van der Waals surface area contributed by atoms with Gasteiger partial charge in [0.25, 0.3) is 0 Å². The molecule has 4 saturated carbocycles. The third kappa shape index (κ3) is 1.68. The maximum absolute atomic E-state index is 12.0. The van der Waals surface area contributed by atoms with Gasteiger partial charge in [0.05, 0.1) is 6.10 Å². The lowest BCUT2D eigenvalue weighted by atomic mass is 9.44. The molecule has 0 radical (unpaired) electrons. The number of esters is 1. The first-order valence-electron chi connectivity index (χ1n) is 9.64. The molecule has 138 valence electrons. The van der Waals surface area contributed by atoms with E-state index in [1.165, 1.54) is 6.42 Å². The normalized spacial score (nSPS) is 59.5. The molecule has 0 saturated heterocycles. The summed E-state index contributed by atoms with van der Waals surface area (Å²) in [5.74, 6) is 0.402. The van der Waals surface area contributed by atoms with Crippen LogP contribution in [0.15, 0.2) is 11.1 Å². The number of hydrogen-bond donors (Lipinski definition) is 3. The fourth-order valence-electron chi connectivity index (χ4n) is 7.36. The summed E-state index contributed by atoms with van der Waals surface area (Å²) in [6.45, 7) is 6.19. The average molecular weight is 348 g/mol. The van der Waals surface area contributed by atoms with Gasteiger partial charge in [0.2, 0.25) is 0 Å². The largest absolute Gasteiger partial charge is 0.454 e. The molecular weight excluding hydrogens is 320 g/mol. The van der Waals surface area contributed by atoms with Crippen molar-refractivity contribution in [3.8, 4) is 0 Å². The Hall–Kier alpha value is -0.910. The minimum Gasteiger partial charge on any atom is -0.454 e. The predicted octanol–water partition coefficient (Wildman–Crippen LogP) is 1.55. The van der Waals surface area contributed by atoms with Crippen LogP contribution in [0.2, 0.25) is 0 Å². The zero-order valence-corrected chi connectivity index (χ0v) is 15.2. The van der Waals surface area contributed by atoms with Crippen LogP contribution in [-0.2, 0) is 9.53 Å². The molecule has 0 aromatic rings. The van der Waals surface area contributed by atoms with Gasteiger partial charge in [-0.25, -0.2) is 4.79 Å². The molecule has 1 heterocycles. The summed E-state index contributed by atoms with van der Waals surface area (Å²) >= 11 is 0. The summed E-state index contributed by atoms with van der Waals surface area (Å²) < 4.78 is 5.50. The number of ether oxygens (including phenoxy) is 1. The van der Waals surface area contributed by atoms with Gasteiger partial charge in [-0.2, -0.15) is 0 Å². The van der Waals surface area contributed by atoms with Crippen molar-refractivity contribution in [1.82, 2.24) is 0 Å². The third-order valence-electron chi connectivity index (χ3n) is 8.95. The molecule has 0 amide bonds. The van der Waals surface area contributed by atoms with Gasteiger partial charge < -0.3 is 20.1 Å². The van der Waals surface area contributed by atoms with E-state index in [9.17, 15) is 20.1 Å². The topological polar surface area (TPSA) is 87.0 Å². The van der Waals surface area contributed by atoms with E-state index in [0.29, 0.717) is 29.9 Å². The smallest absolute Gasteiger partial charge is 0.334 e. The van der Waals surface area contributed by atoms with Gasteiger partial charge in [-0.3, -0.25) is 0 Å². The average Bonchev–Trinajstić information content (AvgIpc) is 3.15. The number of hydrogen-bond acceptors (Lipinski definition) is 5. The zero-order chi connectivity index (χ0) is 17.9. The second-order valence-corrected chi connectivity index (χ2v) is 9.81. The molecule has 9 atom stereocenters. The number of carbonyl (C=O) groups is 1. The second-order valence-electron chi connectivity index (χ2n) is 9.81. The van der Waals surface area contributed by atoms with Crippen LogP contribution >= 0.6 is 0 Å². The Bertz CT molecular complexity index is 700. The molecule has 5 rings (SSSR count).